The van der Waals surface area contributed by atoms with Crippen molar-refractivity contribution in [1.29, 1.82) is 0 Å². The van der Waals surface area contributed by atoms with Gasteiger partial charge in [0.2, 0.25) is 0 Å². The van der Waals surface area contributed by atoms with E-state index in [0.29, 0.717) is 23.9 Å². The number of ether oxygens (including phenoxy) is 1. The quantitative estimate of drug-likeness (QED) is 0.353. The van der Waals surface area contributed by atoms with Gasteiger partial charge in [0.15, 0.2) is 5.82 Å². The highest BCUT2D eigenvalue weighted by molar-refractivity contribution is 5.87. The number of fused-ring (bicyclic) bond motifs is 1. The van der Waals surface area contributed by atoms with E-state index in [-0.39, 0.29) is 11.7 Å². The maximum absolute atomic E-state index is 6.33. The van der Waals surface area contributed by atoms with Crippen molar-refractivity contribution in [3.8, 4) is 28.4 Å². The van der Waals surface area contributed by atoms with Crippen molar-refractivity contribution in [1.82, 2.24) is 19.9 Å². The molecule has 0 aliphatic rings. The van der Waals surface area contributed by atoms with Gasteiger partial charge in [0.1, 0.15) is 5.69 Å². The Kier molecular flexibility index (Phi) is 5.87. The molecule has 3 heterocycles. The number of aryl methyl sites for hydroxylation is 1. The average Bonchev–Trinajstić information content (AvgIpc) is 2.88. The van der Waals surface area contributed by atoms with Crippen LogP contribution in [0.4, 0.5) is 5.82 Å². The Morgan fingerprint density at radius 2 is 1.59 bits per heavy atom. The standard InChI is InChI=1S/C28H25N5O/c1-18-8-6-15-31-24(18)19(2)17-34-28-27(29)32-25(20-9-4-3-5-10-20)26(33-28)22-12-13-23-21(16-22)11-7-14-30-23/h3-16,19H,17H2,1-2H3,(H2,29,32). The molecule has 34 heavy (non-hydrogen) atoms. The number of nitrogens with zero attached hydrogens (tertiary/aromatic N) is 4. The summed E-state index contributed by atoms with van der Waals surface area (Å²) in [6, 6.07) is 23.9. The number of pyridine rings is 2. The summed E-state index contributed by atoms with van der Waals surface area (Å²) in [5.74, 6) is 0.655. The second-order valence-corrected chi connectivity index (χ2v) is 8.31. The SMILES string of the molecule is Cc1cccnc1C(C)COc1nc(-c2ccc3ncccc3c2)c(-c2ccccc2)nc1N. The van der Waals surface area contributed by atoms with Crippen LogP contribution in [0.25, 0.3) is 33.4 Å². The van der Waals surface area contributed by atoms with Gasteiger partial charge in [-0.05, 0) is 36.8 Å². The van der Waals surface area contributed by atoms with Crippen LogP contribution in [0.1, 0.15) is 24.1 Å². The van der Waals surface area contributed by atoms with Crippen LogP contribution < -0.4 is 10.5 Å². The maximum Gasteiger partial charge on any atom is 0.257 e. The zero-order chi connectivity index (χ0) is 23.5. The number of anilines is 1. The van der Waals surface area contributed by atoms with Crippen LogP contribution in [0, 0.1) is 6.92 Å². The summed E-state index contributed by atoms with van der Waals surface area (Å²) < 4.78 is 6.10. The van der Waals surface area contributed by atoms with E-state index in [9.17, 15) is 0 Å². The van der Waals surface area contributed by atoms with Crippen LogP contribution in [0.2, 0.25) is 0 Å². The van der Waals surface area contributed by atoms with Crippen molar-refractivity contribution >= 4 is 16.7 Å². The van der Waals surface area contributed by atoms with Gasteiger partial charge in [0, 0.05) is 40.5 Å². The molecule has 0 aliphatic heterocycles. The van der Waals surface area contributed by atoms with E-state index in [1.165, 1.54) is 0 Å². The van der Waals surface area contributed by atoms with Gasteiger partial charge in [-0.3, -0.25) is 9.97 Å². The first-order chi connectivity index (χ1) is 16.6. The van der Waals surface area contributed by atoms with E-state index in [2.05, 4.69) is 23.0 Å². The molecule has 0 amide bonds. The molecule has 2 aromatic carbocycles. The number of aromatic nitrogens is 4. The van der Waals surface area contributed by atoms with Gasteiger partial charge in [-0.15, -0.1) is 0 Å². The third-order valence-corrected chi connectivity index (χ3v) is 5.80. The normalized spacial score (nSPS) is 11.9. The minimum absolute atomic E-state index is 0.0754. The number of benzene rings is 2. The van der Waals surface area contributed by atoms with Gasteiger partial charge in [-0.25, -0.2) is 9.97 Å². The molecule has 0 radical (unpaired) electrons. The van der Waals surface area contributed by atoms with Gasteiger partial charge < -0.3 is 10.5 Å². The molecular weight excluding hydrogens is 422 g/mol. The molecule has 2 N–H and O–H groups in total. The van der Waals surface area contributed by atoms with Crippen molar-refractivity contribution < 1.29 is 4.74 Å². The number of nitrogen functional groups attached to an aromatic ring is 1. The molecule has 0 bridgehead atoms. The maximum atomic E-state index is 6.33. The number of hydrogen-bond acceptors (Lipinski definition) is 6. The molecule has 0 saturated carbocycles. The van der Waals surface area contributed by atoms with Gasteiger partial charge >= 0.3 is 0 Å². The van der Waals surface area contributed by atoms with Crippen LogP contribution in [0.3, 0.4) is 0 Å². The van der Waals surface area contributed by atoms with Crippen LogP contribution in [0.15, 0.2) is 85.2 Å². The van der Waals surface area contributed by atoms with Gasteiger partial charge in [-0.2, -0.15) is 0 Å². The van der Waals surface area contributed by atoms with E-state index in [4.69, 9.17) is 20.4 Å². The number of nitrogens with two attached hydrogens (primary N) is 1. The summed E-state index contributed by atoms with van der Waals surface area (Å²) in [5.41, 5.74) is 12.7. The van der Waals surface area contributed by atoms with Crippen molar-refractivity contribution in [2.45, 2.75) is 19.8 Å². The van der Waals surface area contributed by atoms with Crippen LogP contribution in [-0.2, 0) is 0 Å². The number of rotatable bonds is 6. The van der Waals surface area contributed by atoms with E-state index in [1.807, 2.05) is 73.7 Å². The lowest BCUT2D eigenvalue weighted by molar-refractivity contribution is 0.283. The predicted molar refractivity (Wildman–Crippen MR) is 136 cm³/mol. The molecule has 5 rings (SSSR count). The summed E-state index contributed by atoms with van der Waals surface area (Å²) in [6.07, 6.45) is 3.59. The first-order valence-electron chi connectivity index (χ1n) is 11.2. The molecule has 3 aromatic heterocycles. The minimum Gasteiger partial charge on any atom is -0.474 e. The highest BCUT2D eigenvalue weighted by Gasteiger charge is 2.18. The Bertz CT molecular complexity index is 1450. The minimum atomic E-state index is 0.0754. The van der Waals surface area contributed by atoms with E-state index < -0.39 is 0 Å². The molecule has 0 saturated heterocycles. The van der Waals surface area contributed by atoms with Crippen molar-refractivity contribution in [3.05, 3.63) is 96.4 Å². The Balaban J connectivity index is 1.55. The molecule has 0 spiro atoms. The fourth-order valence-corrected chi connectivity index (χ4v) is 4.06. The molecule has 0 aliphatic carbocycles. The zero-order valence-electron chi connectivity index (χ0n) is 19.1. The molecule has 5 aromatic rings. The van der Waals surface area contributed by atoms with Crippen molar-refractivity contribution in [2.75, 3.05) is 12.3 Å². The van der Waals surface area contributed by atoms with Gasteiger partial charge in [-0.1, -0.05) is 55.5 Å². The van der Waals surface area contributed by atoms with Crippen LogP contribution in [-0.4, -0.2) is 26.5 Å². The second kappa shape index (κ2) is 9.27. The molecule has 6 heteroatoms. The molecule has 1 atom stereocenters. The molecule has 0 fully saturated rings. The Labute approximate surface area is 198 Å². The lowest BCUT2D eigenvalue weighted by Gasteiger charge is -2.17. The Morgan fingerprint density at radius 3 is 2.41 bits per heavy atom. The van der Waals surface area contributed by atoms with Crippen molar-refractivity contribution in [3.63, 3.8) is 0 Å². The summed E-state index contributed by atoms with van der Waals surface area (Å²) in [7, 11) is 0. The predicted octanol–water partition coefficient (Wildman–Crippen LogP) is 5.83. The lowest BCUT2D eigenvalue weighted by atomic mass is 10.0. The van der Waals surface area contributed by atoms with Crippen LogP contribution in [0.5, 0.6) is 5.88 Å². The smallest absolute Gasteiger partial charge is 0.257 e. The lowest BCUT2D eigenvalue weighted by Crippen LogP contribution is -2.13. The summed E-state index contributed by atoms with van der Waals surface area (Å²) in [6.45, 7) is 4.52. The van der Waals surface area contributed by atoms with E-state index >= 15 is 0 Å². The summed E-state index contributed by atoms with van der Waals surface area (Å²) in [5, 5.41) is 1.03. The highest BCUT2D eigenvalue weighted by Crippen LogP contribution is 2.34. The third kappa shape index (κ3) is 4.30. The van der Waals surface area contributed by atoms with E-state index in [1.54, 1.807) is 12.4 Å². The Morgan fingerprint density at radius 1 is 0.824 bits per heavy atom. The molecule has 6 nitrogen and oxygen atoms in total. The molecular formula is C28H25N5O. The fourth-order valence-electron chi connectivity index (χ4n) is 4.06. The zero-order valence-corrected chi connectivity index (χ0v) is 19.1. The highest BCUT2D eigenvalue weighted by atomic mass is 16.5. The molecule has 1 unspecified atom stereocenters. The third-order valence-electron chi connectivity index (χ3n) is 5.80. The Hall–Kier alpha value is -4.32. The topological polar surface area (TPSA) is 86.8 Å². The van der Waals surface area contributed by atoms with Gasteiger partial charge in [0.05, 0.1) is 17.8 Å². The average molecular weight is 448 g/mol. The summed E-state index contributed by atoms with van der Waals surface area (Å²) in [4.78, 5) is 18.5. The largest absolute Gasteiger partial charge is 0.474 e. The monoisotopic (exact) mass is 447 g/mol. The second-order valence-electron chi connectivity index (χ2n) is 8.31. The summed E-state index contributed by atoms with van der Waals surface area (Å²) >= 11 is 0. The van der Waals surface area contributed by atoms with Gasteiger partial charge in [0.25, 0.3) is 5.88 Å². The first-order valence-corrected chi connectivity index (χ1v) is 11.2. The molecule has 168 valence electrons. The van der Waals surface area contributed by atoms with Crippen LogP contribution >= 0.6 is 0 Å². The number of hydrogen-bond donors (Lipinski definition) is 1. The van der Waals surface area contributed by atoms with E-state index in [0.717, 1.165) is 33.3 Å². The fraction of sp³-hybridized carbons (Fsp3) is 0.143. The van der Waals surface area contributed by atoms with Crippen molar-refractivity contribution in [2.24, 2.45) is 0 Å². The first kappa shape index (κ1) is 21.5.